The third kappa shape index (κ3) is 0.592. The van der Waals surface area contributed by atoms with Gasteiger partial charge in [-0.15, -0.1) is 0 Å². The molecule has 1 spiro atoms. The fraction of sp³-hybridized carbons (Fsp3) is 0.368. The van der Waals surface area contributed by atoms with Gasteiger partial charge in [0.05, 0.1) is 0 Å². The van der Waals surface area contributed by atoms with Crippen molar-refractivity contribution in [3.05, 3.63) is 121 Å². The van der Waals surface area contributed by atoms with Gasteiger partial charge >= 0.3 is 263 Å². The van der Waals surface area contributed by atoms with Gasteiger partial charge in [0.1, 0.15) is 0 Å². The molecule has 0 aliphatic carbocycles. The van der Waals surface area contributed by atoms with Crippen molar-refractivity contribution in [2.45, 2.75) is 56.6 Å². The van der Waals surface area contributed by atoms with Crippen LogP contribution in [0.25, 0.3) is 0 Å². The molecule has 218 valence electrons. The third-order valence-corrected chi connectivity index (χ3v) is 89.0. The predicted molar refractivity (Wildman–Crippen MR) is 189 cm³/mol. The Morgan fingerprint density at radius 3 is 1.21 bits per heavy atom. The second kappa shape index (κ2) is 3.87. The van der Waals surface area contributed by atoms with Gasteiger partial charge in [-0.3, -0.25) is 0 Å². The van der Waals surface area contributed by atoms with E-state index < -0.39 is 22.4 Å². The first kappa shape index (κ1) is 23.3. The van der Waals surface area contributed by atoms with Crippen LogP contribution < -0.4 is 21.2 Å². The summed E-state index contributed by atoms with van der Waals surface area (Å²) in [5.41, 5.74) is 0. The van der Waals surface area contributed by atoms with E-state index in [1.807, 2.05) is 0 Å². The molecule has 4 aromatic carbocycles. The Labute approximate surface area is 261 Å². The minimum absolute atomic E-state index is 0.464. The van der Waals surface area contributed by atoms with Gasteiger partial charge in [-0.2, -0.15) is 0 Å². The molecule has 10 fully saturated rings. The molecular formula is C38H36FeINP2. The normalized spacial score (nSPS) is 60.3. The van der Waals surface area contributed by atoms with Crippen LogP contribution in [-0.4, -0.2) is 35.5 Å². The van der Waals surface area contributed by atoms with Crippen LogP contribution in [0, 0.1) is 0 Å². The summed E-state index contributed by atoms with van der Waals surface area (Å²) >= 11 is 3.34. The molecule has 0 aromatic heterocycles. The van der Waals surface area contributed by atoms with E-state index in [4.69, 9.17) is 0 Å². The van der Waals surface area contributed by atoms with Crippen molar-refractivity contribution in [3.8, 4) is 0 Å². The van der Waals surface area contributed by atoms with Crippen LogP contribution in [0.15, 0.2) is 121 Å². The monoisotopic (exact) mass is 751 g/mol. The summed E-state index contributed by atoms with van der Waals surface area (Å²) in [7, 11) is 3.94. The van der Waals surface area contributed by atoms with Crippen molar-refractivity contribution in [2.75, 3.05) is 14.1 Å². The molecule has 0 amide bonds. The molecule has 6 unspecified atom stereocenters. The van der Waals surface area contributed by atoms with Gasteiger partial charge < -0.3 is 0 Å². The second-order valence-electron chi connectivity index (χ2n) is 17.5. The first-order valence-electron chi connectivity index (χ1n) is 16.1. The fourth-order valence-electron chi connectivity index (χ4n) is 23.0. The van der Waals surface area contributed by atoms with Crippen LogP contribution in [-0.2, 0) is 6.51 Å². The Kier molecular flexibility index (Phi) is 2.10. The zero-order chi connectivity index (χ0) is 28.5. The first-order valence-corrected chi connectivity index (χ1v) is 25.9. The molecule has 0 bridgehead atoms. The second-order valence-corrected chi connectivity index (χ2v) is 48.3. The Morgan fingerprint density at radius 2 is 0.907 bits per heavy atom. The maximum absolute atomic E-state index is 4.44. The Hall–Kier alpha value is -1.05. The van der Waals surface area contributed by atoms with E-state index in [0.29, 0.717) is 20.8 Å². The summed E-state index contributed by atoms with van der Waals surface area (Å²) < 4.78 is 2.38. The van der Waals surface area contributed by atoms with E-state index in [1.54, 1.807) is 21.2 Å². The summed E-state index contributed by atoms with van der Waals surface area (Å²) in [4.78, 5) is 9.69. The topological polar surface area (TPSA) is 3.24 Å². The Morgan fingerprint density at radius 1 is 0.581 bits per heavy atom. The third-order valence-electron chi connectivity index (χ3n) is 21.0. The van der Waals surface area contributed by atoms with Crippen molar-refractivity contribution >= 4 is 59.7 Å². The van der Waals surface area contributed by atoms with Gasteiger partial charge in [0.2, 0.25) is 0 Å². The number of fused-ring (bicyclic) bond motifs is 10. The molecule has 10 aliphatic heterocycles. The SMILES string of the molecule is CC(N(C)C)[C]12[CH]3[C]4(I)[C]5(P(c6ccccc6)c6ccccc6)[C]1(P(c1ccccc1)c1ccccc1)[Fe]34251678[CH]2[CH]1[CH]6[CH]7[CH]28. The van der Waals surface area contributed by atoms with Gasteiger partial charge in [0.25, 0.3) is 0 Å². The summed E-state index contributed by atoms with van der Waals surface area (Å²) in [5, 5.41) is 6.77. The number of nitrogens with zero attached hydrogens (tertiary/aromatic N) is 1. The summed E-state index contributed by atoms with van der Waals surface area (Å²) in [5.74, 6) is 0. The summed E-state index contributed by atoms with van der Waals surface area (Å²) in [6.45, 7) is -1.71. The molecule has 1 nitrogen and oxygen atoms in total. The Bertz CT molecular complexity index is 2290. The van der Waals surface area contributed by atoms with Gasteiger partial charge in [-0.05, 0) is 0 Å². The zero-order valence-corrected chi connectivity index (χ0v) is 29.7. The molecule has 0 radical (unpaired) electrons. The van der Waals surface area contributed by atoms with Crippen LogP contribution in [0.1, 0.15) is 6.92 Å². The number of benzene rings is 4. The molecule has 4 aromatic rings. The molecule has 0 N–H and O–H groups in total. The molecule has 14 rings (SSSR count). The molecule has 10 aliphatic rings. The minimum atomic E-state index is -4.44. The van der Waals surface area contributed by atoms with E-state index in [0.717, 1.165) is 4.82 Å². The van der Waals surface area contributed by atoms with Crippen molar-refractivity contribution < 1.29 is 6.51 Å². The zero-order valence-electron chi connectivity index (χ0n) is 24.7. The molecule has 10 saturated heterocycles. The van der Waals surface area contributed by atoms with Crippen molar-refractivity contribution in [2.24, 2.45) is 0 Å². The number of hydrogen-bond donors (Lipinski definition) is 0. The van der Waals surface area contributed by atoms with E-state index in [9.17, 15) is 0 Å². The Balaban J connectivity index is 1.21. The van der Waals surface area contributed by atoms with Crippen LogP contribution in [0.5, 0.6) is 0 Å². The molecular weight excluding hydrogens is 715 g/mol. The van der Waals surface area contributed by atoms with E-state index in [2.05, 4.69) is 170 Å². The summed E-state index contributed by atoms with van der Waals surface area (Å²) in [6.07, 6.45) is 0. The molecule has 5 heteroatoms. The quantitative estimate of drug-likeness (QED) is 0.0762. The van der Waals surface area contributed by atoms with Gasteiger partial charge in [-0.25, -0.2) is 0 Å². The van der Waals surface area contributed by atoms with Gasteiger partial charge in [-0.1, -0.05) is 0 Å². The number of halogens is 1. The molecule has 10 heterocycles. The van der Waals surface area contributed by atoms with Crippen LogP contribution >= 0.6 is 38.4 Å². The number of alkyl halides is 1. The predicted octanol–water partition coefficient (Wildman–Crippen LogP) is 8.12. The molecule has 6 atom stereocenters. The summed E-state index contributed by atoms with van der Waals surface area (Å²) in [6, 6.07) is 49.2. The average molecular weight is 751 g/mol. The standard InChI is InChI=1S/C33H31INP2.C5H5.Fe/c1-25(35(2)3)30-24-31(34)33(37(28-20-12-6-13-21-28)29-22-14-7-15-23-29)32(30)36(26-16-8-4-9-17-26)27-18-10-5-11-19-27;1-2-4-5-3-1;/h4-25H,1-3H3;1-5H;. The van der Waals surface area contributed by atoms with Gasteiger partial charge in [0, 0.05) is 0 Å². The van der Waals surface area contributed by atoms with Gasteiger partial charge in [0.15, 0.2) is 0 Å². The van der Waals surface area contributed by atoms with Crippen molar-refractivity contribution in [1.82, 2.24) is 4.90 Å². The molecule has 43 heavy (non-hydrogen) atoms. The first-order chi connectivity index (χ1) is 20.8. The fourth-order valence-corrected chi connectivity index (χ4v) is 151. The maximum atomic E-state index is 3.34. The van der Waals surface area contributed by atoms with E-state index >= 15 is 0 Å². The molecule has 0 saturated carbocycles. The van der Waals surface area contributed by atoms with Crippen LogP contribution in [0.3, 0.4) is 0 Å². The van der Waals surface area contributed by atoms with Crippen molar-refractivity contribution in [1.29, 1.82) is 0 Å². The number of rotatable bonds is 8. The van der Waals surface area contributed by atoms with Crippen LogP contribution in [0.4, 0.5) is 0 Å². The van der Waals surface area contributed by atoms with E-state index in [1.165, 1.54) is 24.1 Å². The van der Waals surface area contributed by atoms with Crippen molar-refractivity contribution in [3.63, 3.8) is 0 Å². The number of hydrogen-bond acceptors (Lipinski definition) is 1. The van der Waals surface area contributed by atoms with E-state index in [-0.39, 0.29) is 0 Å². The average Bonchev–Trinajstić information content (AvgIpc) is 4.01. The van der Waals surface area contributed by atoms with Crippen LogP contribution in [0.2, 0.25) is 33.2 Å².